The molecule has 104 valence electrons. The lowest BCUT2D eigenvalue weighted by Crippen LogP contribution is -2.15. The van der Waals surface area contributed by atoms with Gasteiger partial charge in [0.2, 0.25) is 0 Å². The van der Waals surface area contributed by atoms with Crippen LogP contribution in [0.5, 0.6) is 0 Å². The number of rotatable bonds is 3. The first kappa shape index (κ1) is 13.3. The number of nitrogens with zero attached hydrogens (tertiary/aromatic N) is 2. The molecule has 0 saturated heterocycles. The molecule has 3 rings (SSSR count). The Morgan fingerprint density at radius 2 is 1.90 bits per heavy atom. The third kappa shape index (κ3) is 2.90. The Labute approximate surface area is 125 Å². The summed E-state index contributed by atoms with van der Waals surface area (Å²) in [5.41, 5.74) is 8.01. The summed E-state index contributed by atoms with van der Waals surface area (Å²) in [5, 5.41) is 5.64. The second-order valence-corrected chi connectivity index (χ2v) is 5.20. The molecule has 1 amide bonds. The fourth-order valence-corrected chi connectivity index (χ4v) is 2.50. The topological polar surface area (TPSA) is 80.9 Å². The molecule has 5 nitrogen and oxygen atoms in total. The summed E-state index contributed by atoms with van der Waals surface area (Å²) in [6.45, 7) is 0. The summed E-state index contributed by atoms with van der Waals surface area (Å²) in [4.78, 5) is 20.3. The van der Waals surface area contributed by atoms with Crippen LogP contribution in [-0.4, -0.2) is 15.9 Å². The van der Waals surface area contributed by atoms with Crippen LogP contribution in [0.1, 0.15) is 10.5 Å². The molecule has 1 aromatic carbocycles. The molecule has 21 heavy (non-hydrogen) atoms. The van der Waals surface area contributed by atoms with Crippen LogP contribution in [0.4, 0.5) is 11.4 Å². The lowest BCUT2D eigenvalue weighted by molar-refractivity contribution is 0.102. The van der Waals surface area contributed by atoms with Crippen LogP contribution in [0.15, 0.2) is 54.2 Å². The van der Waals surface area contributed by atoms with Gasteiger partial charge < -0.3 is 11.1 Å². The zero-order valence-electron chi connectivity index (χ0n) is 11.0. The highest BCUT2D eigenvalue weighted by Gasteiger charge is 2.11. The first-order valence-electron chi connectivity index (χ1n) is 6.26. The van der Waals surface area contributed by atoms with Crippen molar-refractivity contribution in [3.8, 4) is 10.6 Å². The SMILES string of the molecule is Nc1cccnc1C(=O)Nc1ccc(-c2nccs2)cc1. The highest BCUT2D eigenvalue weighted by atomic mass is 32.1. The third-order valence-corrected chi connectivity index (χ3v) is 3.70. The van der Waals surface area contributed by atoms with Crippen molar-refractivity contribution in [2.75, 3.05) is 11.1 Å². The predicted molar refractivity (Wildman–Crippen MR) is 84.2 cm³/mol. The Morgan fingerprint density at radius 3 is 2.57 bits per heavy atom. The Bertz CT molecular complexity index is 754. The number of carbonyl (C=O) groups is 1. The Balaban J connectivity index is 1.77. The fraction of sp³-hybridized carbons (Fsp3) is 0. The average molecular weight is 296 g/mol. The number of nitrogens with one attached hydrogen (secondary N) is 1. The zero-order valence-corrected chi connectivity index (χ0v) is 11.8. The summed E-state index contributed by atoms with van der Waals surface area (Å²) in [6.07, 6.45) is 3.30. The smallest absolute Gasteiger partial charge is 0.276 e. The van der Waals surface area contributed by atoms with Crippen LogP contribution in [0, 0.1) is 0 Å². The monoisotopic (exact) mass is 296 g/mol. The van der Waals surface area contributed by atoms with E-state index in [9.17, 15) is 4.79 Å². The zero-order chi connectivity index (χ0) is 14.7. The van der Waals surface area contributed by atoms with Gasteiger partial charge in [0, 0.05) is 29.0 Å². The molecule has 0 aliphatic carbocycles. The lowest BCUT2D eigenvalue weighted by atomic mass is 10.2. The maximum Gasteiger partial charge on any atom is 0.276 e. The van der Waals surface area contributed by atoms with Crippen molar-refractivity contribution in [3.63, 3.8) is 0 Å². The maximum absolute atomic E-state index is 12.1. The Hall–Kier alpha value is -2.73. The van der Waals surface area contributed by atoms with Gasteiger partial charge in [-0.05, 0) is 36.4 Å². The second kappa shape index (κ2) is 5.72. The van der Waals surface area contributed by atoms with Crippen molar-refractivity contribution in [2.24, 2.45) is 0 Å². The van der Waals surface area contributed by atoms with Gasteiger partial charge in [-0.25, -0.2) is 9.97 Å². The number of carbonyl (C=O) groups excluding carboxylic acids is 1. The van der Waals surface area contributed by atoms with Gasteiger partial charge in [0.05, 0.1) is 5.69 Å². The number of hydrogen-bond acceptors (Lipinski definition) is 5. The van der Waals surface area contributed by atoms with E-state index in [0.29, 0.717) is 11.4 Å². The molecule has 0 bridgehead atoms. The first-order valence-corrected chi connectivity index (χ1v) is 7.14. The maximum atomic E-state index is 12.1. The number of hydrogen-bond donors (Lipinski definition) is 2. The molecule has 0 fully saturated rings. The largest absolute Gasteiger partial charge is 0.397 e. The molecule has 0 aliphatic heterocycles. The molecule has 6 heteroatoms. The molecule has 2 aromatic heterocycles. The van der Waals surface area contributed by atoms with Gasteiger partial charge in [-0.2, -0.15) is 0 Å². The standard InChI is InChI=1S/C15H12N4OS/c16-12-2-1-7-17-13(12)14(20)19-11-5-3-10(4-6-11)15-18-8-9-21-15/h1-9H,16H2,(H,19,20). The van der Waals surface area contributed by atoms with Crippen molar-refractivity contribution in [1.29, 1.82) is 0 Å². The lowest BCUT2D eigenvalue weighted by Gasteiger charge is -2.07. The highest BCUT2D eigenvalue weighted by molar-refractivity contribution is 7.13. The summed E-state index contributed by atoms with van der Waals surface area (Å²) in [6, 6.07) is 10.8. The number of thiazole rings is 1. The normalized spacial score (nSPS) is 10.3. The van der Waals surface area contributed by atoms with Gasteiger partial charge in [0.15, 0.2) is 5.69 Å². The van der Waals surface area contributed by atoms with E-state index in [2.05, 4.69) is 15.3 Å². The van der Waals surface area contributed by atoms with E-state index in [-0.39, 0.29) is 11.6 Å². The van der Waals surface area contributed by atoms with E-state index in [1.807, 2.05) is 29.6 Å². The molecular formula is C15H12N4OS. The quantitative estimate of drug-likeness (QED) is 0.778. The number of nitrogen functional groups attached to an aromatic ring is 1. The van der Waals surface area contributed by atoms with Crippen molar-refractivity contribution < 1.29 is 4.79 Å². The van der Waals surface area contributed by atoms with Crippen LogP contribution < -0.4 is 11.1 Å². The minimum atomic E-state index is -0.324. The van der Waals surface area contributed by atoms with Crippen molar-refractivity contribution >= 4 is 28.6 Å². The number of nitrogens with two attached hydrogens (primary N) is 1. The number of aromatic nitrogens is 2. The van der Waals surface area contributed by atoms with Crippen LogP contribution in [0.3, 0.4) is 0 Å². The molecule has 2 heterocycles. The van der Waals surface area contributed by atoms with Gasteiger partial charge in [0.1, 0.15) is 5.01 Å². The summed E-state index contributed by atoms with van der Waals surface area (Å²) in [5.74, 6) is -0.324. The predicted octanol–water partition coefficient (Wildman–Crippen LogP) is 3.04. The van der Waals surface area contributed by atoms with Gasteiger partial charge in [0.25, 0.3) is 5.91 Å². The van der Waals surface area contributed by atoms with E-state index < -0.39 is 0 Å². The van der Waals surface area contributed by atoms with Gasteiger partial charge in [-0.3, -0.25) is 4.79 Å². The van der Waals surface area contributed by atoms with Crippen LogP contribution >= 0.6 is 11.3 Å². The molecule has 3 aromatic rings. The average Bonchev–Trinajstić information content (AvgIpc) is 3.02. The van der Waals surface area contributed by atoms with E-state index in [4.69, 9.17) is 5.73 Å². The summed E-state index contributed by atoms with van der Waals surface area (Å²) >= 11 is 1.57. The summed E-state index contributed by atoms with van der Waals surface area (Å²) in [7, 11) is 0. The van der Waals surface area contributed by atoms with E-state index >= 15 is 0 Å². The molecular weight excluding hydrogens is 284 g/mol. The third-order valence-electron chi connectivity index (χ3n) is 2.88. The van der Waals surface area contributed by atoms with Gasteiger partial charge >= 0.3 is 0 Å². The minimum Gasteiger partial charge on any atom is -0.397 e. The molecule has 0 saturated carbocycles. The molecule has 0 atom stereocenters. The first-order chi connectivity index (χ1) is 10.2. The van der Waals surface area contributed by atoms with Crippen LogP contribution in [0.25, 0.3) is 10.6 Å². The molecule has 0 unspecified atom stereocenters. The number of anilines is 2. The molecule has 3 N–H and O–H groups in total. The van der Waals surface area contributed by atoms with Crippen molar-refractivity contribution in [1.82, 2.24) is 9.97 Å². The van der Waals surface area contributed by atoms with E-state index in [0.717, 1.165) is 10.6 Å². The number of amides is 1. The molecule has 0 spiro atoms. The van der Waals surface area contributed by atoms with E-state index in [1.165, 1.54) is 6.20 Å². The number of benzene rings is 1. The van der Waals surface area contributed by atoms with Crippen LogP contribution in [-0.2, 0) is 0 Å². The summed E-state index contributed by atoms with van der Waals surface area (Å²) < 4.78 is 0. The molecule has 0 aliphatic rings. The van der Waals surface area contributed by atoms with Crippen molar-refractivity contribution in [3.05, 3.63) is 59.9 Å². The highest BCUT2D eigenvalue weighted by Crippen LogP contribution is 2.23. The fourth-order valence-electron chi connectivity index (χ4n) is 1.86. The minimum absolute atomic E-state index is 0.224. The second-order valence-electron chi connectivity index (χ2n) is 4.31. The molecule has 0 radical (unpaired) electrons. The van der Waals surface area contributed by atoms with Crippen molar-refractivity contribution in [2.45, 2.75) is 0 Å². The Morgan fingerprint density at radius 1 is 1.10 bits per heavy atom. The number of pyridine rings is 1. The van der Waals surface area contributed by atoms with Crippen LogP contribution in [0.2, 0.25) is 0 Å². The Kier molecular flexibility index (Phi) is 3.61. The van der Waals surface area contributed by atoms with Gasteiger partial charge in [-0.15, -0.1) is 11.3 Å². The van der Waals surface area contributed by atoms with Gasteiger partial charge in [-0.1, -0.05) is 0 Å². The van der Waals surface area contributed by atoms with E-state index in [1.54, 1.807) is 29.7 Å².